The quantitative estimate of drug-likeness (QED) is 0.624. The van der Waals surface area contributed by atoms with E-state index in [9.17, 15) is 9.59 Å². The van der Waals surface area contributed by atoms with E-state index in [1.165, 1.54) is 24.1 Å². The molecule has 3 saturated carbocycles. The number of ketones is 2. The van der Waals surface area contributed by atoms with E-state index < -0.39 is 0 Å². The fraction of sp³-hybridized carbons (Fsp3) is 0.647. The molecule has 100 valence electrons. The maximum atomic E-state index is 12.2. The van der Waals surface area contributed by atoms with E-state index in [2.05, 4.69) is 19.9 Å². The maximum absolute atomic E-state index is 12.2. The Hall–Kier alpha value is -1.18. The molecule has 0 heterocycles. The van der Waals surface area contributed by atoms with E-state index in [-0.39, 0.29) is 23.4 Å². The van der Waals surface area contributed by atoms with E-state index >= 15 is 0 Å². The summed E-state index contributed by atoms with van der Waals surface area (Å²) in [4.78, 5) is 24.2. The molecule has 0 aliphatic heterocycles. The Morgan fingerprint density at radius 3 is 2.53 bits per heavy atom. The monoisotopic (exact) mass is 256 g/mol. The van der Waals surface area contributed by atoms with Crippen LogP contribution < -0.4 is 0 Å². The predicted octanol–water partition coefficient (Wildman–Crippen LogP) is 2.94. The van der Waals surface area contributed by atoms with Gasteiger partial charge in [0.05, 0.1) is 0 Å². The molecule has 0 amide bonds. The number of allylic oxidation sites excluding steroid dienone is 4. The van der Waals surface area contributed by atoms with Crippen molar-refractivity contribution < 1.29 is 9.59 Å². The first-order valence-electron chi connectivity index (χ1n) is 7.46. The number of carbonyl (C=O) groups excluding carboxylic acids is 2. The van der Waals surface area contributed by atoms with Crippen molar-refractivity contribution in [3.05, 3.63) is 23.8 Å². The van der Waals surface area contributed by atoms with Crippen LogP contribution in [0.1, 0.15) is 33.1 Å². The van der Waals surface area contributed by atoms with Gasteiger partial charge in [0.15, 0.2) is 11.6 Å². The van der Waals surface area contributed by atoms with Gasteiger partial charge in [-0.15, -0.1) is 0 Å². The molecule has 2 heteroatoms. The van der Waals surface area contributed by atoms with Crippen LogP contribution in [-0.4, -0.2) is 11.6 Å². The van der Waals surface area contributed by atoms with Crippen molar-refractivity contribution in [3.63, 3.8) is 0 Å². The van der Waals surface area contributed by atoms with Gasteiger partial charge < -0.3 is 0 Å². The summed E-state index contributed by atoms with van der Waals surface area (Å²) in [5, 5.41) is 0. The molecule has 0 radical (unpaired) electrons. The van der Waals surface area contributed by atoms with Gasteiger partial charge in [0.2, 0.25) is 0 Å². The summed E-state index contributed by atoms with van der Waals surface area (Å²) in [5.41, 5.74) is 1.91. The lowest BCUT2D eigenvalue weighted by Gasteiger charge is -2.62. The molecule has 5 aliphatic rings. The third kappa shape index (κ3) is 1.32. The van der Waals surface area contributed by atoms with Gasteiger partial charge in [-0.1, -0.05) is 25.5 Å². The highest BCUT2D eigenvalue weighted by molar-refractivity contribution is 6.07. The summed E-state index contributed by atoms with van der Waals surface area (Å²) in [5.74, 6) is 2.01. The van der Waals surface area contributed by atoms with Crippen LogP contribution in [0.25, 0.3) is 0 Å². The number of rotatable bonds is 0. The molecule has 3 fully saturated rings. The fourth-order valence-corrected chi connectivity index (χ4v) is 5.11. The summed E-state index contributed by atoms with van der Waals surface area (Å²) >= 11 is 0. The van der Waals surface area contributed by atoms with Crippen LogP contribution in [-0.2, 0) is 9.59 Å². The fourth-order valence-electron chi connectivity index (χ4n) is 5.11. The Morgan fingerprint density at radius 2 is 1.79 bits per heavy atom. The van der Waals surface area contributed by atoms with Crippen molar-refractivity contribution in [3.8, 4) is 0 Å². The van der Waals surface area contributed by atoms with Gasteiger partial charge in [-0.05, 0) is 54.6 Å². The molecule has 0 aromatic heterocycles. The Kier molecular flexibility index (Phi) is 2.13. The minimum atomic E-state index is -0.0631. The molecular weight excluding hydrogens is 236 g/mol. The average Bonchev–Trinajstić information content (AvgIpc) is 2.41. The predicted molar refractivity (Wildman–Crippen MR) is 72.3 cm³/mol. The van der Waals surface area contributed by atoms with Crippen molar-refractivity contribution in [2.24, 2.45) is 35.0 Å². The zero-order chi connectivity index (χ0) is 13.4. The first-order valence-corrected chi connectivity index (χ1v) is 7.46. The smallest absolute Gasteiger partial charge is 0.160 e. The van der Waals surface area contributed by atoms with E-state index in [0.29, 0.717) is 17.3 Å². The highest BCUT2D eigenvalue weighted by atomic mass is 16.1. The van der Waals surface area contributed by atoms with Crippen molar-refractivity contribution in [1.29, 1.82) is 0 Å². The molecule has 0 aromatic carbocycles. The van der Waals surface area contributed by atoms with Crippen molar-refractivity contribution in [2.45, 2.75) is 33.1 Å². The Morgan fingerprint density at radius 1 is 1.05 bits per heavy atom. The van der Waals surface area contributed by atoms with Crippen LogP contribution in [0.5, 0.6) is 0 Å². The number of hydrogen-bond donors (Lipinski definition) is 0. The van der Waals surface area contributed by atoms with Crippen molar-refractivity contribution in [2.75, 3.05) is 0 Å². The van der Waals surface area contributed by atoms with Gasteiger partial charge in [-0.25, -0.2) is 0 Å². The first kappa shape index (κ1) is 11.6. The molecular formula is C17H20O2. The van der Waals surface area contributed by atoms with Gasteiger partial charge in [-0.2, -0.15) is 0 Å². The molecule has 0 unspecified atom stereocenters. The summed E-state index contributed by atoms with van der Waals surface area (Å²) in [6.45, 7) is 4.73. The van der Waals surface area contributed by atoms with E-state index in [1.54, 1.807) is 0 Å². The van der Waals surface area contributed by atoms with Crippen LogP contribution in [0.3, 0.4) is 0 Å². The van der Waals surface area contributed by atoms with E-state index in [4.69, 9.17) is 0 Å². The number of hydrogen-bond acceptors (Lipinski definition) is 2. The highest BCUT2D eigenvalue weighted by Gasteiger charge is 2.59. The summed E-state index contributed by atoms with van der Waals surface area (Å²) in [7, 11) is 0. The molecule has 5 rings (SSSR count). The van der Waals surface area contributed by atoms with E-state index in [1.807, 2.05) is 0 Å². The van der Waals surface area contributed by atoms with E-state index in [0.717, 1.165) is 18.8 Å². The zero-order valence-corrected chi connectivity index (χ0v) is 11.6. The van der Waals surface area contributed by atoms with Gasteiger partial charge >= 0.3 is 0 Å². The highest BCUT2D eigenvalue weighted by Crippen LogP contribution is 2.65. The molecule has 5 atom stereocenters. The Labute approximate surface area is 113 Å². The van der Waals surface area contributed by atoms with Gasteiger partial charge in [0, 0.05) is 11.8 Å². The molecule has 2 nitrogen and oxygen atoms in total. The molecule has 0 spiro atoms. The second-order valence-corrected chi connectivity index (χ2v) is 7.36. The van der Waals surface area contributed by atoms with Crippen LogP contribution in [0, 0.1) is 35.0 Å². The lowest BCUT2D eigenvalue weighted by molar-refractivity contribution is -0.135. The zero-order valence-electron chi connectivity index (χ0n) is 11.6. The molecule has 19 heavy (non-hydrogen) atoms. The lowest BCUT2D eigenvalue weighted by Crippen LogP contribution is -2.56. The second kappa shape index (κ2) is 3.47. The van der Waals surface area contributed by atoms with Crippen molar-refractivity contribution >= 4 is 11.6 Å². The SMILES string of the molecule is CC1(C)[C@H]2C[C@@H]1C1=CC[C@H]3C(=O)C=CC(=O)[C@H]3[C@H]1C2. The van der Waals surface area contributed by atoms with Gasteiger partial charge in [0.1, 0.15) is 0 Å². The molecule has 0 aromatic rings. The summed E-state index contributed by atoms with van der Waals surface area (Å²) < 4.78 is 0. The normalized spacial score (nSPS) is 46.0. The topological polar surface area (TPSA) is 34.1 Å². The average molecular weight is 256 g/mol. The summed E-state index contributed by atoms with van der Waals surface area (Å²) in [6.07, 6.45) is 8.52. The maximum Gasteiger partial charge on any atom is 0.160 e. The van der Waals surface area contributed by atoms with Crippen LogP contribution in [0.2, 0.25) is 0 Å². The van der Waals surface area contributed by atoms with Crippen LogP contribution >= 0.6 is 0 Å². The summed E-state index contributed by atoms with van der Waals surface area (Å²) in [6, 6.07) is 0. The number of carbonyl (C=O) groups is 2. The van der Waals surface area contributed by atoms with Crippen LogP contribution in [0.4, 0.5) is 0 Å². The lowest BCUT2D eigenvalue weighted by atomic mass is 9.42. The minimum absolute atomic E-state index is 0.0427. The third-order valence-corrected chi connectivity index (χ3v) is 6.42. The molecule has 5 aliphatic carbocycles. The molecule has 2 bridgehead atoms. The third-order valence-electron chi connectivity index (χ3n) is 6.42. The first-order chi connectivity index (χ1) is 9.00. The molecule has 0 N–H and O–H groups in total. The number of fused-ring (bicyclic) bond motifs is 1. The van der Waals surface area contributed by atoms with Gasteiger partial charge in [0.25, 0.3) is 0 Å². The Balaban J connectivity index is 1.75. The molecule has 0 saturated heterocycles. The minimum Gasteiger partial charge on any atom is -0.295 e. The standard InChI is InChI=1S/C17H20O2/c1-17(2)9-7-12-10(13(17)8-9)3-4-11-14(18)5-6-15(19)16(11)12/h3,5-6,9,11-13,16H,4,7-8H2,1-2H3/t9-,11+,12+,13-,16-/m1/s1. The second-order valence-electron chi connectivity index (χ2n) is 7.36. The Bertz CT molecular complexity index is 537. The van der Waals surface area contributed by atoms with Crippen LogP contribution in [0.15, 0.2) is 23.8 Å². The van der Waals surface area contributed by atoms with Gasteiger partial charge in [-0.3, -0.25) is 9.59 Å². The van der Waals surface area contributed by atoms with Crippen molar-refractivity contribution in [1.82, 2.24) is 0 Å². The largest absolute Gasteiger partial charge is 0.295 e.